The molecule has 0 aliphatic carbocycles. The van der Waals surface area contributed by atoms with Crippen molar-refractivity contribution in [1.82, 2.24) is 10.3 Å². The summed E-state index contributed by atoms with van der Waals surface area (Å²) < 4.78 is 0. The fourth-order valence-electron chi connectivity index (χ4n) is 2.83. The number of rotatable bonds is 6. The summed E-state index contributed by atoms with van der Waals surface area (Å²) >= 11 is 0. The van der Waals surface area contributed by atoms with Crippen molar-refractivity contribution in [3.8, 4) is 11.1 Å². The van der Waals surface area contributed by atoms with Crippen molar-refractivity contribution in [3.63, 3.8) is 0 Å². The molecular weight excluding hydrogens is 338 g/mol. The summed E-state index contributed by atoms with van der Waals surface area (Å²) in [7, 11) is 0. The number of benzene rings is 2. The predicted octanol–water partition coefficient (Wildman–Crippen LogP) is 3.95. The van der Waals surface area contributed by atoms with Crippen molar-refractivity contribution in [2.45, 2.75) is 19.4 Å². The summed E-state index contributed by atoms with van der Waals surface area (Å²) in [4.78, 5) is 28.2. The zero-order valence-corrected chi connectivity index (χ0v) is 15.1. The van der Waals surface area contributed by atoms with Crippen molar-refractivity contribution in [2.24, 2.45) is 0 Å². The van der Waals surface area contributed by atoms with Crippen molar-refractivity contribution < 1.29 is 9.59 Å². The Bertz CT molecular complexity index is 894. The highest BCUT2D eigenvalue weighted by atomic mass is 16.2. The number of anilines is 1. The largest absolute Gasteiger partial charge is 0.349 e. The van der Waals surface area contributed by atoms with Crippen molar-refractivity contribution in [2.75, 3.05) is 5.32 Å². The van der Waals surface area contributed by atoms with Gasteiger partial charge in [-0.05, 0) is 23.3 Å². The third-order valence-corrected chi connectivity index (χ3v) is 4.11. The zero-order valence-electron chi connectivity index (χ0n) is 15.1. The van der Waals surface area contributed by atoms with E-state index >= 15 is 0 Å². The minimum Gasteiger partial charge on any atom is -0.349 e. The van der Waals surface area contributed by atoms with Crippen LogP contribution < -0.4 is 10.6 Å². The lowest BCUT2D eigenvalue weighted by Crippen LogP contribution is -2.29. The number of pyridine rings is 1. The van der Waals surface area contributed by atoms with Crippen LogP contribution in [0, 0.1) is 0 Å². The number of aromatic nitrogens is 1. The smallest absolute Gasteiger partial charge is 0.227 e. The Morgan fingerprint density at radius 2 is 1.56 bits per heavy atom. The second-order valence-electron chi connectivity index (χ2n) is 6.21. The number of carbonyl (C=O) groups is 2. The molecular formula is C22H21N3O2. The Balaban J connectivity index is 1.66. The first kappa shape index (κ1) is 18.3. The van der Waals surface area contributed by atoms with Gasteiger partial charge >= 0.3 is 0 Å². The molecule has 5 heteroatoms. The van der Waals surface area contributed by atoms with Crippen LogP contribution in [0.15, 0.2) is 79.0 Å². The topological polar surface area (TPSA) is 71.1 Å². The van der Waals surface area contributed by atoms with E-state index in [0.717, 1.165) is 16.7 Å². The van der Waals surface area contributed by atoms with E-state index in [1.165, 1.54) is 6.92 Å². The highest BCUT2D eigenvalue weighted by molar-refractivity contribution is 5.90. The maximum Gasteiger partial charge on any atom is 0.227 e. The Morgan fingerprint density at radius 1 is 0.889 bits per heavy atom. The Labute approximate surface area is 158 Å². The number of hydrogen-bond acceptors (Lipinski definition) is 3. The molecule has 27 heavy (non-hydrogen) atoms. The summed E-state index contributed by atoms with van der Waals surface area (Å²) in [6.45, 7) is 1.44. The number of nitrogens with zero attached hydrogens (tertiary/aromatic N) is 1. The number of carbonyl (C=O) groups excluding carboxylic acids is 2. The SMILES string of the molecule is CC(=O)NC(CC(=O)Nc1ccc(-c2ccccc2)cn1)c1ccccc1. The maximum atomic E-state index is 12.4. The van der Waals surface area contributed by atoms with Crippen LogP contribution in [-0.4, -0.2) is 16.8 Å². The average molecular weight is 359 g/mol. The van der Waals surface area contributed by atoms with Gasteiger partial charge in [0.05, 0.1) is 12.5 Å². The molecule has 3 rings (SSSR count). The van der Waals surface area contributed by atoms with Gasteiger partial charge in [-0.2, -0.15) is 0 Å². The highest BCUT2D eigenvalue weighted by Gasteiger charge is 2.17. The molecule has 1 atom stereocenters. The fourth-order valence-corrected chi connectivity index (χ4v) is 2.83. The molecule has 0 aliphatic heterocycles. The van der Waals surface area contributed by atoms with Gasteiger partial charge in [-0.1, -0.05) is 60.7 Å². The molecule has 0 aliphatic rings. The summed E-state index contributed by atoms with van der Waals surface area (Å²) in [6, 6.07) is 22.7. The van der Waals surface area contributed by atoms with Gasteiger partial charge in [0.2, 0.25) is 11.8 Å². The molecule has 1 heterocycles. The van der Waals surface area contributed by atoms with Crippen molar-refractivity contribution >= 4 is 17.6 Å². The first-order chi connectivity index (χ1) is 13.1. The molecule has 0 radical (unpaired) electrons. The quantitative estimate of drug-likeness (QED) is 0.700. The molecule has 2 amide bonds. The van der Waals surface area contributed by atoms with Crippen LogP contribution in [0.2, 0.25) is 0 Å². The summed E-state index contributed by atoms with van der Waals surface area (Å²) in [5.74, 6) is 0.0916. The third-order valence-electron chi connectivity index (χ3n) is 4.11. The van der Waals surface area contributed by atoms with Crippen molar-refractivity contribution in [1.29, 1.82) is 0 Å². The zero-order chi connectivity index (χ0) is 19.1. The highest BCUT2D eigenvalue weighted by Crippen LogP contribution is 2.20. The summed E-state index contributed by atoms with van der Waals surface area (Å²) in [6.07, 6.45) is 1.86. The van der Waals surface area contributed by atoms with E-state index in [9.17, 15) is 9.59 Å². The lowest BCUT2D eigenvalue weighted by molar-refractivity contribution is -0.120. The van der Waals surface area contributed by atoms with Gasteiger partial charge in [-0.15, -0.1) is 0 Å². The molecule has 0 fully saturated rings. The molecule has 1 unspecified atom stereocenters. The first-order valence-electron chi connectivity index (χ1n) is 8.75. The van der Waals surface area contributed by atoms with Crippen LogP contribution >= 0.6 is 0 Å². The average Bonchev–Trinajstić information content (AvgIpc) is 2.69. The molecule has 0 spiro atoms. The van der Waals surface area contributed by atoms with E-state index in [-0.39, 0.29) is 24.3 Å². The fraction of sp³-hybridized carbons (Fsp3) is 0.136. The standard InChI is InChI=1S/C22H21N3O2/c1-16(26)24-20(18-10-6-3-7-11-18)14-22(27)25-21-13-12-19(15-23-21)17-8-4-2-5-9-17/h2-13,15,20H,14H2,1H3,(H,24,26)(H,23,25,27). The van der Waals surface area contributed by atoms with Crippen molar-refractivity contribution in [3.05, 3.63) is 84.6 Å². The Morgan fingerprint density at radius 3 is 2.15 bits per heavy atom. The molecule has 3 aromatic rings. The molecule has 2 aromatic carbocycles. The van der Waals surface area contributed by atoms with E-state index in [1.807, 2.05) is 66.7 Å². The van der Waals surface area contributed by atoms with Crippen LogP contribution in [0.3, 0.4) is 0 Å². The van der Waals surface area contributed by atoms with Gasteiger partial charge in [0.15, 0.2) is 0 Å². The number of hydrogen-bond donors (Lipinski definition) is 2. The molecule has 0 bridgehead atoms. The Hall–Kier alpha value is -3.47. The van der Waals surface area contributed by atoms with E-state index in [2.05, 4.69) is 15.6 Å². The van der Waals surface area contributed by atoms with Crippen LogP contribution in [-0.2, 0) is 9.59 Å². The van der Waals surface area contributed by atoms with Crippen LogP contribution in [0.4, 0.5) is 5.82 Å². The minimum atomic E-state index is -0.382. The Kier molecular flexibility index (Phi) is 5.94. The summed E-state index contributed by atoms with van der Waals surface area (Å²) in [5, 5.41) is 5.62. The van der Waals surface area contributed by atoms with Gasteiger partial charge < -0.3 is 10.6 Å². The van der Waals surface area contributed by atoms with Gasteiger partial charge in [-0.25, -0.2) is 4.98 Å². The molecule has 5 nitrogen and oxygen atoms in total. The predicted molar refractivity (Wildman–Crippen MR) is 106 cm³/mol. The van der Waals surface area contributed by atoms with Gasteiger partial charge in [0.25, 0.3) is 0 Å². The van der Waals surface area contributed by atoms with E-state index in [4.69, 9.17) is 0 Å². The lowest BCUT2D eigenvalue weighted by atomic mass is 10.0. The first-order valence-corrected chi connectivity index (χ1v) is 8.75. The van der Waals surface area contributed by atoms with Gasteiger partial charge in [0.1, 0.15) is 5.82 Å². The minimum absolute atomic E-state index is 0.131. The van der Waals surface area contributed by atoms with Crippen LogP contribution in [0.1, 0.15) is 24.9 Å². The van der Waals surface area contributed by atoms with Gasteiger partial charge in [0, 0.05) is 18.7 Å². The monoisotopic (exact) mass is 359 g/mol. The second kappa shape index (κ2) is 8.76. The van der Waals surface area contributed by atoms with Gasteiger partial charge in [-0.3, -0.25) is 9.59 Å². The normalized spacial score (nSPS) is 11.4. The molecule has 1 aromatic heterocycles. The summed E-state index contributed by atoms with van der Waals surface area (Å²) in [5.41, 5.74) is 2.93. The van der Waals surface area contributed by atoms with E-state index < -0.39 is 0 Å². The molecule has 0 saturated carbocycles. The molecule has 2 N–H and O–H groups in total. The second-order valence-corrected chi connectivity index (χ2v) is 6.21. The van der Waals surface area contributed by atoms with Crippen LogP contribution in [0.25, 0.3) is 11.1 Å². The third kappa shape index (κ3) is 5.25. The molecule has 0 saturated heterocycles. The maximum absolute atomic E-state index is 12.4. The van der Waals surface area contributed by atoms with E-state index in [0.29, 0.717) is 5.82 Å². The van der Waals surface area contributed by atoms with Crippen LogP contribution in [0.5, 0.6) is 0 Å². The lowest BCUT2D eigenvalue weighted by Gasteiger charge is -2.18. The number of amides is 2. The number of nitrogens with one attached hydrogen (secondary N) is 2. The molecule has 136 valence electrons. The van der Waals surface area contributed by atoms with E-state index in [1.54, 1.807) is 12.3 Å².